The first-order chi connectivity index (χ1) is 11.2. The summed E-state index contributed by atoms with van der Waals surface area (Å²) in [6.45, 7) is -1.49. The zero-order chi connectivity index (χ0) is 17.5. The number of nitrogens with one attached hydrogen (secondary N) is 1. The van der Waals surface area contributed by atoms with Gasteiger partial charge >= 0.3 is 6.18 Å². The predicted octanol–water partition coefficient (Wildman–Crippen LogP) is 0.256. The highest BCUT2D eigenvalue weighted by Gasteiger charge is 2.38. The second kappa shape index (κ2) is 5.73. The molecule has 8 nitrogen and oxygen atoms in total. The third-order valence-corrected chi connectivity index (χ3v) is 3.62. The van der Waals surface area contributed by atoms with Crippen molar-refractivity contribution in [1.82, 2.24) is 30.2 Å². The largest absolute Gasteiger partial charge is 0.406 e. The highest BCUT2D eigenvalue weighted by atomic mass is 19.4. The number of amides is 2. The zero-order valence-electron chi connectivity index (χ0n) is 12.5. The molecule has 1 fully saturated rings. The van der Waals surface area contributed by atoms with E-state index in [1.54, 1.807) is 7.05 Å². The lowest BCUT2D eigenvalue weighted by atomic mass is 10.2. The van der Waals surface area contributed by atoms with Crippen LogP contribution in [0.25, 0.3) is 11.2 Å². The van der Waals surface area contributed by atoms with Crippen LogP contribution in [0.15, 0.2) is 12.3 Å². The summed E-state index contributed by atoms with van der Waals surface area (Å²) in [5.74, 6) is -1.16. The molecule has 0 spiro atoms. The van der Waals surface area contributed by atoms with Gasteiger partial charge in [-0.1, -0.05) is 5.21 Å². The first-order valence-electron chi connectivity index (χ1n) is 7.04. The summed E-state index contributed by atoms with van der Waals surface area (Å²) in [4.78, 5) is 28.5. The van der Waals surface area contributed by atoms with Crippen LogP contribution in [0.2, 0.25) is 0 Å². The average molecular weight is 342 g/mol. The van der Waals surface area contributed by atoms with Crippen molar-refractivity contribution in [3.05, 3.63) is 17.8 Å². The monoisotopic (exact) mass is 342 g/mol. The number of fused-ring (bicyclic) bond motifs is 1. The Morgan fingerprint density at radius 1 is 1.46 bits per heavy atom. The molecular weight excluding hydrogens is 329 g/mol. The minimum atomic E-state index is -4.46. The van der Waals surface area contributed by atoms with Crippen molar-refractivity contribution < 1.29 is 22.8 Å². The van der Waals surface area contributed by atoms with E-state index in [4.69, 9.17) is 0 Å². The van der Waals surface area contributed by atoms with Crippen molar-refractivity contribution in [2.24, 2.45) is 7.05 Å². The molecule has 24 heavy (non-hydrogen) atoms. The molecule has 3 heterocycles. The lowest BCUT2D eigenvalue weighted by Gasteiger charge is -2.18. The van der Waals surface area contributed by atoms with Crippen LogP contribution >= 0.6 is 0 Å². The van der Waals surface area contributed by atoms with Crippen LogP contribution in [0.1, 0.15) is 16.8 Å². The Hall–Kier alpha value is -2.72. The van der Waals surface area contributed by atoms with Crippen molar-refractivity contribution in [2.45, 2.75) is 18.6 Å². The molecule has 128 valence electrons. The Balaban J connectivity index is 1.67. The number of carbonyl (C=O) groups is 2. The van der Waals surface area contributed by atoms with Crippen molar-refractivity contribution in [2.75, 3.05) is 13.1 Å². The molecule has 1 N–H and O–H groups in total. The van der Waals surface area contributed by atoms with Gasteiger partial charge in [0.1, 0.15) is 12.1 Å². The van der Waals surface area contributed by atoms with Crippen molar-refractivity contribution in [1.29, 1.82) is 0 Å². The molecule has 1 aliphatic heterocycles. The van der Waals surface area contributed by atoms with Crippen molar-refractivity contribution in [3.63, 3.8) is 0 Å². The van der Waals surface area contributed by atoms with Gasteiger partial charge in [-0.3, -0.25) is 9.59 Å². The predicted molar refractivity (Wildman–Crippen MR) is 74.8 cm³/mol. The summed E-state index contributed by atoms with van der Waals surface area (Å²) in [6.07, 6.45) is -3.30. The lowest BCUT2D eigenvalue weighted by molar-refractivity contribution is -0.157. The Kier molecular flexibility index (Phi) is 3.85. The van der Waals surface area contributed by atoms with Crippen molar-refractivity contribution in [3.8, 4) is 0 Å². The number of nitrogens with zero attached hydrogens (tertiary/aromatic N) is 5. The number of hydrogen-bond donors (Lipinski definition) is 1. The minimum absolute atomic E-state index is 0.164. The van der Waals surface area contributed by atoms with E-state index in [1.807, 2.05) is 0 Å². The third kappa shape index (κ3) is 3.29. The first kappa shape index (κ1) is 16.1. The molecule has 11 heteroatoms. The maximum atomic E-state index is 12.4. The number of carbonyl (C=O) groups excluding carboxylic acids is 2. The Morgan fingerprint density at radius 2 is 2.21 bits per heavy atom. The van der Waals surface area contributed by atoms with Gasteiger partial charge in [-0.15, -0.1) is 5.10 Å². The number of aryl methyl sites for hydroxylation is 1. The van der Waals surface area contributed by atoms with Crippen LogP contribution in [0.3, 0.4) is 0 Å². The van der Waals surface area contributed by atoms with Gasteiger partial charge in [-0.05, 0) is 6.07 Å². The fourth-order valence-electron chi connectivity index (χ4n) is 2.56. The molecule has 0 bridgehead atoms. The quantitative estimate of drug-likeness (QED) is 0.863. The summed E-state index contributed by atoms with van der Waals surface area (Å²) in [5, 5.41) is 10.2. The fraction of sp³-hybridized carbons (Fsp3) is 0.462. The summed E-state index contributed by atoms with van der Waals surface area (Å²) >= 11 is 0. The lowest BCUT2D eigenvalue weighted by Crippen LogP contribution is -2.39. The topological polar surface area (TPSA) is 93.0 Å². The van der Waals surface area contributed by atoms with E-state index < -0.39 is 30.6 Å². The summed E-state index contributed by atoms with van der Waals surface area (Å²) in [7, 11) is 1.65. The fourth-order valence-corrected chi connectivity index (χ4v) is 2.56. The molecule has 0 radical (unpaired) electrons. The Labute approximate surface area is 133 Å². The van der Waals surface area contributed by atoms with Gasteiger partial charge in [0, 0.05) is 26.2 Å². The van der Waals surface area contributed by atoms with Crippen LogP contribution in [0, 0.1) is 0 Å². The second-order valence-electron chi connectivity index (χ2n) is 5.54. The maximum Gasteiger partial charge on any atom is 0.406 e. The first-order valence-corrected chi connectivity index (χ1v) is 7.04. The van der Waals surface area contributed by atoms with E-state index in [9.17, 15) is 22.8 Å². The number of pyridine rings is 1. The van der Waals surface area contributed by atoms with Crippen LogP contribution < -0.4 is 5.32 Å². The molecule has 1 saturated heterocycles. The van der Waals surface area contributed by atoms with E-state index in [0.29, 0.717) is 16.1 Å². The van der Waals surface area contributed by atoms with Gasteiger partial charge in [0.2, 0.25) is 5.91 Å². The van der Waals surface area contributed by atoms with E-state index in [0.717, 1.165) is 0 Å². The second-order valence-corrected chi connectivity index (χ2v) is 5.54. The molecule has 2 aromatic heterocycles. The molecule has 1 aliphatic rings. The van der Waals surface area contributed by atoms with Gasteiger partial charge in [0.25, 0.3) is 5.91 Å². The smallest absolute Gasteiger partial charge is 0.347 e. The number of halogens is 3. The third-order valence-electron chi connectivity index (χ3n) is 3.62. The molecule has 0 aromatic carbocycles. The Morgan fingerprint density at radius 3 is 2.92 bits per heavy atom. The molecule has 2 amide bonds. The van der Waals surface area contributed by atoms with E-state index in [-0.39, 0.29) is 18.5 Å². The van der Waals surface area contributed by atoms with Crippen LogP contribution in [0.4, 0.5) is 13.2 Å². The van der Waals surface area contributed by atoms with Gasteiger partial charge < -0.3 is 10.2 Å². The number of rotatable bonds is 3. The number of likely N-dealkylation sites (tertiary alicyclic amines) is 1. The van der Waals surface area contributed by atoms with Crippen molar-refractivity contribution >= 4 is 23.0 Å². The van der Waals surface area contributed by atoms with Gasteiger partial charge in [-0.2, -0.15) is 13.2 Å². The normalized spacial score (nSPS) is 18.4. The number of alkyl halides is 3. The standard InChI is InChI=1S/C13H13F3N6O2/c1-21-11-9(19-20-21)2-7(4-17-11)12(24)18-8-3-10(23)22(5-8)6-13(14,15)16/h2,4,8H,3,5-6H2,1H3,(H,18,24). The molecular formula is C13H13F3N6O2. The van der Waals surface area contributed by atoms with Gasteiger partial charge in [0.05, 0.1) is 11.6 Å². The molecule has 0 aliphatic carbocycles. The minimum Gasteiger partial charge on any atom is -0.347 e. The zero-order valence-corrected chi connectivity index (χ0v) is 12.5. The van der Waals surface area contributed by atoms with E-state index in [1.165, 1.54) is 16.9 Å². The summed E-state index contributed by atoms with van der Waals surface area (Å²) in [5.41, 5.74) is 1.12. The summed E-state index contributed by atoms with van der Waals surface area (Å²) < 4.78 is 38.6. The van der Waals surface area contributed by atoms with Crippen LogP contribution in [-0.4, -0.2) is 62.0 Å². The van der Waals surface area contributed by atoms with Gasteiger partial charge in [0.15, 0.2) is 5.65 Å². The number of aromatic nitrogens is 4. The molecule has 1 atom stereocenters. The molecule has 1 unspecified atom stereocenters. The van der Waals surface area contributed by atoms with Crippen LogP contribution in [0.5, 0.6) is 0 Å². The van der Waals surface area contributed by atoms with E-state index in [2.05, 4.69) is 20.6 Å². The van der Waals surface area contributed by atoms with E-state index >= 15 is 0 Å². The highest BCUT2D eigenvalue weighted by Crippen LogP contribution is 2.21. The Bertz CT molecular complexity index is 803. The molecule has 3 rings (SSSR count). The maximum absolute atomic E-state index is 12.4. The number of hydrogen-bond acceptors (Lipinski definition) is 5. The molecule has 0 saturated carbocycles. The SMILES string of the molecule is Cn1nnc2cc(C(=O)NC3CC(=O)N(CC(F)(F)F)C3)cnc21. The van der Waals surface area contributed by atoms with Gasteiger partial charge in [-0.25, -0.2) is 9.67 Å². The van der Waals surface area contributed by atoms with Crippen LogP contribution in [-0.2, 0) is 11.8 Å². The molecule has 2 aromatic rings. The average Bonchev–Trinajstić information content (AvgIpc) is 3.01. The summed E-state index contributed by atoms with van der Waals surface area (Å²) in [6, 6.07) is 0.805. The highest BCUT2D eigenvalue weighted by molar-refractivity contribution is 5.97.